The first-order chi connectivity index (χ1) is 6.83. The Labute approximate surface area is 86.9 Å². The maximum Gasteiger partial charge on any atom is 0.0906 e. The summed E-state index contributed by atoms with van der Waals surface area (Å²) in [4.78, 5) is 2.53. The summed E-state index contributed by atoms with van der Waals surface area (Å²) in [6, 6.07) is 0. The van der Waals surface area contributed by atoms with Crippen LogP contribution in [0.15, 0.2) is 0 Å². The number of hydrogen-bond acceptors (Lipinski definition) is 2. The number of nitrogens with zero attached hydrogens (tertiary/aromatic N) is 1. The zero-order valence-corrected chi connectivity index (χ0v) is 9.27. The van der Waals surface area contributed by atoms with E-state index in [1.807, 2.05) is 0 Å². The second-order valence-corrected chi connectivity index (χ2v) is 4.36. The summed E-state index contributed by atoms with van der Waals surface area (Å²) >= 11 is 0. The van der Waals surface area contributed by atoms with Crippen LogP contribution in [0, 0.1) is 5.92 Å². The molecule has 0 aromatic rings. The number of nitrogens with one attached hydrogen (secondary N) is 1. The summed E-state index contributed by atoms with van der Waals surface area (Å²) in [6.07, 6.45) is 3.38. The average Bonchev–Trinajstić information content (AvgIpc) is 2.65. The monoisotopic (exact) mass is 202 g/mol. The van der Waals surface area contributed by atoms with Crippen LogP contribution in [0.3, 0.4) is 0 Å². The molecule has 1 fully saturated rings. The van der Waals surface area contributed by atoms with E-state index in [-0.39, 0.29) is 6.67 Å². The molecular formula is C11H23FN2. The molecule has 1 rings (SSSR count). The van der Waals surface area contributed by atoms with Crippen molar-refractivity contribution in [3.05, 3.63) is 0 Å². The van der Waals surface area contributed by atoms with E-state index >= 15 is 0 Å². The average molecular weight is 202 g/mol. The Bertz CT molecular complexity index is 135. The van der Waals surface area contributed by atoms with E-state index in [4.69, 9.17) is 0 Å². The number of rotatable bonds is 7. The van der Waals surface area contributed by atoms with Crippen molar-refractivity contribution >= 4 is 0 Å². The molecule has 1 unspecified atom stereocenters. The van der Waals surface area contributed by atoms with Gasteiger partial charge in [0.05, 0.1) is 6.67 Å². The quantitative estimate of drug-likeness (QED) is 0.632. The van der Waals surface area contributed by atoms with E-state index in [9.17, 15) is 4.39 Å². The maximum absolute atomic E-state index is 11.8. The molecule has 1 atom stereocenters. The van der Waals surface area contributed by atoms with Gasteiger partial charge >= 0.3 is 0 Å². The number of alkyl halides is 1. The first-order valence-electron chi connectivity index (χ1n) is 5.82. The lowest BCUT2D eigenvalue weighted by molar-refractivity contribution is 0.282. The molecule has 0 aliphatic carbocycles. The van der Waals surface area contributed by atoms with Crippen LogP contribution in [0.5, 0.6) is 0 Å². The third kappa shape index (κ3) is 4.91. The molecule has 1 N–H and O–H groups in total. The molecule has 0 amide bonds. The predicted octanol–water partition coefficient (Wildman–Crippen LogP) is 1.67. The van der Waals surface area contributed by atoms with E-state index in [1.54, 1.807) is 0 Å². The van der Waals surface area contributed by atoms with E-state index in [1.165, 1.54) is 32.5 Å². The molecule has 14 heavy (non-hydrogen) atoms. The van der Waals surface area contributed by atoms with E-state index in [2.05, 4.69) is 17.1 Å². The van der Waals surface area contributed by atoms with Gasteiger partial charge < -0.3 is 10.2 Å². The van der Waals surface area contributed by atoms with Crippen LogP contribution in [-0.4, -0.2) is 44.3 Å². The predicted molar refractivity (Wildman–Crippen MR) is 58.3 cm³/mol. The highest BCUT2D eigenvalue weighted by atomic mass is 19.1. The summed E-state index contributed by atoms with van der Waals surface area (Å²) in [7, 11) is 0. The maximum atomic E-state index is 11.8. The Morgan fingerprint density at radius 2 is 2.07 bits per heavy atom. The van der Waals surface area contributed by atoms with Crippen LogP contribution in [0.4, 0.5) is 4.39 Å². The molecule has 1 heterocycles. The van der Waals surface area contributed by atoms with Gasteiger partial charge in [-0.25, -0.2) is 0 Å². The Kier molecular flexibility index (Phi) is 6.12. The van der Waals surface area contributed by atoms with E-state index in [0.29, 0.717) is 12.3 Å². The van der Waals surface area contributed by atoms with Gasteiger partial charge in [0, 0.05) is 6.54 Å². The van der Waals surface area contributed by atoms with Gasteiger partial charge in [0.15, 0.2) is 0 Å². The molecule has 0 saturated carbocycles. The summed E-state index contributed by atoms with van der Waals surface area (Å²) in [6.45, 7) is 7.65. The highest BCUT2D eigenvalue weighted by Gasteiger charge is 2.13. The first kappa shape index (κ1) is 11.9. The normalized spacial score (nSPS) is 20.1. The molecule has 1 saturated heterocycles. The van der Waals surface area contributed by atoms with Crippen LogP contribution in [0.2, 0.25) is 0 Å². The molecule has 84 valence electrons. The van der Waals surface area contributed by atoms with Gasteiger partial charge in [-0.15, -0.1) is 0 Å². The van der Waals surface area contributed by atoms with E-state index < -0.39 is 0 Å². The third-order valence-corrected chi connectivity index (χ3v) is 2.75. The molecular weight excluding hydrogens is 179 g/mol. The van der Waals surface area contributed by atoms with Crippen LogP contribution in [0.1, 0.15) is 26.2 Å². The lowest BCUT2D eigenvalue weighted by atomic mass is 10.1. The van der Waals surface area contributed by atoms with Crippen LogP contribution in [0.25, 0.3) is 0 Å². The van der Waals surface area contributed by atoms with Crippen LogP contribution >= 0.6 is 0 Å². The van der Waals surface area contributed by atoms with Crippen molar-refractivity contribution in [2.75, 3.05) is 39.4 Å². The third-order valence-electron chi connectivity index (χ3n) is 2.75. The molecule has 0 bridgehead atoms. The fourth-order valence-electron chi connectivity index (χ4n) is 2.01. The van der Waals surface area contributed by atoms with Crippen LogP contribution in [-0.2, 0) is 0 Å². The van der Waals surface area contributed by atoms with Gasteiger partial charge in [-0.05, 0) is 51.4 Å². The number of halogens is 1. The van der Waals surface area contributed by atoms with Crippen molar-refractivity contribution in [2.24, 2.45) is 5.92 Å². The molecule has 3 heteroatoms. The lowest BCUT2D eigenvalue weighted by Gasteiger charge is -2.20. The summed E-state index contributed by atoms with van der Waals surface area (Å²) in [5, 5.41) is 3.29. The van der Waals surface area contributed by atoms with Crippen LogP contribution < -0.4 is 5.32 Å². The standard InChI is InChI=1S/C11H23FN2/c1-11(9-13-6-4-5-12)10-14-7-2-3-8-14/h11,13H,2-10H2,1H3. The Morgan fingerprint density at radius 3 is 2.71 bits per heavy atom. The highest BCUT2D eigenvalue weighted by Crippen LogP contribution is 2.09. The van der Waals surface area contributed by atoms with Crippen molar-refractivity contribution in [1.29, 1.82) is 0 Å². The van der Waals surface area contributed by atoms with E-state index in [0.717, 1.165) is 13.1 Å². The SMILES string of the molecule is CC(CNCCCF)CN1CCCC1. The highest BCUT2D eigenvalue weighted by molar-refractivity contribution is 4.69. The van der Waals surface area contributed by atoms with Gasteiger partial charge in [-0.1, -0.05) is 6.92 Å². The Morgan fingerprint density at radius 1 is 1.36 bits per heavy atom. The first-order valence-corrected chi connectivity index (χ1v) is 5.82. The minimum absolute atomic E-state index is 0.201. The molecule has 0 spiro atoms. The summed E-state index contributed by atoms with van der Waals surface area (Å²) < 4.78 is 11.8. The molecule has 1 aliphatic rings. The van der Waals surface area contributed by atoms with Crippen molar-refractivity contribution in [2.45, 2.75) is 26.2 Å². The molecule has 0 aromatic heterocycles. The summed E-state index contributed by atoms with van der Waals surface area (Å²) in [5.41, 5.74) is 0. The molecule has 1 aliphatic heterocycles. The minimum atomic E-state index is -0.201. The fourth-order valence-corrected chi connectivity index (χ4v) is 2.01. The Balaban J connectivity index is 1.95. The van der Waals surface area contributed by atoms with Gasteiger partial charge in [0.2, 0.25) is 0 Å². The van der Waals surface area contributed by atoms with Crippen molar-refractivity contribution in [1.82, 2.24) is 10.2 Å². The molecule has 0 radical (unpaired) electrons. The van der Waals surface area contributed by atoms with Crippen molar-refractivity contribution in [3.8, 4) is 0 Å². The second kappa shape index (κ2) is 7.18. The molecule has 0 aromatic carbocycles. The smallest absolute Gasteiger partial charge is 0.0906 e. The fraction of sp³-hybridized carbons (Fsp3) is 1.00. The topological polar surface area (TPSA) is 15.3 Å². The number of hydrogen-bond donors (Lipinski definition) is 1. The van der Waals surface area contributed by atoms with Crippen molar-refractivity contribution in [3.63, 3.8) is 0 Å². The summed E-state index contributed by atoms with van der Waals surface area (Å²) in [5.74, 6) is 0.688. The van der Waals surface area contributed by atoms with Gasteiger partial charge in [-0.3, -0.25) is 4.39 Å². The molecule has 2 nitrogen and oxygen atoms in total. The zero-order chi connectivity index (χ0) is 10.2. The largest absolute Gasteiger partial charge is 0.316 e. The minimum Gasteiger partial charge on any atom is -0.316 e. The van der Waals surface area contributed by atoms with Gasteiger partial charge in [0.1, 0.15) is 0 Å². The number of likely N-dealkylation sites (tertiary alicyclic amines) is 1. The second-order valence-electron chi connectivity index (χ2n) is 4.36. The zero-order valence-electron chi connectivity index (χ0n) is 9.27. The van der Waals surface area contributed by atoms with Gasteiger partial charge in [0.25, 0.3) is 0 Å². The Hall–Kier alpha value is -0.150. The van der Waals surface area contributed by atoms with Crippen molar-refractivity contribution < 1.29 is 4.39 Å². The van der Waals surface area contributed by atoms with Gasteiger partial charge in [-0.2, -0.15) is 0 Å². The lowest BCUT2D eigenvalue weighted by Crippen LogP contribution is -2.32.